The highest BCUT2D eigenvalue weighted by atomic mass is 35.5. The highest BCUT2D eigenvalue weighted by Crippen LogP contribution is 2.23. The van der Waals surface area contributed by atoms with Crippen LogP contribution in [0.5, 0.6) is 11.5 Å². The van der Waals surface area contributed by atoms with E-state index in [1.807, 2.05) is 58.0 Å². The van der Waals surface area contributed by atoms with Crippen molar-refractivity contribution in [2.45, 2.75) is 46.3 Å². The van der Waals surface area contributed by atoms with Crippen LogP contribution in [-0.4, -0.2) is 18.1 Å². The van der Waals surface area contributed by atoms with Crippen molar-refractivity contribution < 1.29 is 14.3 Å². The minimum atomic E-state index is -0.577. The Labute approximate surface area is 154 Å². The Bertz CT molecular complexity index is 713. The minimum Gasteiger partial charge on any atom is -0.491 e. The van der Waals surface area contributed by atoms with Crippen LogP contribution in [0.1, 0.15) is 32.8 Å². The third-order valence-corrected chi connectivity index (χ3v) is 3.99. The number of aryl methyl sites for hydroxylation is 1. The van der Waals surface area contributed by atoms with Crippen LogP contribution in [0, 0.1) is 6.92 Å². The van der Waals surface area contributed by atoms with Crippen molar-refractivity contribution in [2.24, 2.45) is 0 Å². The number of hydrogen-bond donors (Lipinski definition) is 1. The molecule has 0 aliphatic heterocycles. The van der Waals surface area contributed by atoms with Gasteiger partial charge >= 0.3 is 0 Å². The maximum atomic E-state index is 12.5. The molecule has 1 amide bonds. The number of benzene rings is 2. The van der Waals surface area contributed by atoms with Crippen molar-refractivity contribution in [3.63, 3.8) is 0 Å². The quantitative estimate of drug-likeness (QED) is 0.734. The molecule has 1 N–H and O–H groups in total. The Hall–Kier alpha value is -2.20. The lowest BCUT2D eigenvalue weighted by Crippen LogP contribution is -2.32. The summed E-state index contributed by atoms with van der Waals surface area (Å²) in [6.07, 6.45) is 0.0931. The van der Waals surface area contributed by atoms with E-state index in [1.165, 1.54) is 0 Å². The molecule has 1 atom stereocenters. The van der Waals surface area contributed by atoms with Gasteiger partial charge in [-0.1, -0.05) is 18.5 Å². The summed E-state index contributed by atoms with van der Waals surface area (Å²) in [6, 6.07) is 12.7. The Kier molecular flexibility index (Phi) is 6.71. The Balaban J connectivity index is 2.00. The lowest BCUT2D eigenvalue weighted by molar-refractivity contribution is -0.122. The van der Waals surface area contributed by atoms with E-state index in [1.54, 1.807) is 12.1 Å². The van der Waals surface area contributed by atoms with Crippen LogP contribution < -0.4 is 14.8 Å². The fourth-order valence-corrected chi connectivity index (χ4v) is 2.41. The van der Waals surface area contributed by atoms with Gasteiger partial charge in [0.1, 0.15) is 11.5 Å². The van der Waals surface area contributed by atoms with E-state index < -0.39 is 6.10 Å². The first kappa shape index (κ1) is 19.1. The first-order chi connectivity index (χ1) is 11.9. The minimum absolute atomic E-state index is 0.112. The number of hydrogen-bond acceptors (Lipinski definition) is 3. The van der Waals surface area contributed by atoms with Crippen molar-refractivity contribution in [3.05, 3.63) is 53.1 Å². The van der Waals surface area contributed by atoms with Gasteiger partial charge in [-0.2, -0.15) is 0 Å². The maximum Gasteiger partial charge on any atom is 0.265 e. The number of nitrogens with one attached hydrogen (secondary N) is 1. The van der Waals surface area contributed by atoms with E-state index >= 15 is 0 Å². The molecule has 0 saturated heterocycles. The Morgan fingerprint density at radius 2 is 1.72 bits per heavy atom. The molecule has 0 fully saturated rings. The van der Waals surface area contributed by atoms with E-state index in [0.29, 0.717) is 22.9 Å². The first-order valence-electron chi connectivity index (χ1n) is 8.39. The largest absolute Gasteiger partial charge is 0.491 e. The van der Waals surface area contributed by atoms with Gasteiger partial charge in [0.15, 0.2) is 6.10 Å². The Morgan fingerprint density at radius 3 is 2.28 bits per heavy atom. The average Bonchev–Trinajstić information content (AvgIpc) is 2.57. The molecule has 0 heterocycles. The van der Waals surface area contributed by atoms with Crippen LogP contribution in [-0.2, 0) is 4.79 Å². The molecule has 5 heteroatoms. The smallest absolute Gasteiger partial charge is 0.265 e. The van der Waals surface area contributed by atoms with Crippen LogP contribution in [0.15, 0.2) is 42.5 Å². The molecule has 0 unspecified atom stereocenters. The first-order valence-corrected chi connectivity index (χ1v) is 8.77. The molecule has 4 nitrogen and oxygen atoms in total. The summed E-state index contributed by atoms with van der Waals surface area (Å²) in [4.78, 5) is 12.5. The number of amides is 1. The fraction of sp³-hybridized carbons (Fsp3) is 0.350. The molecule has 25 heavy (non-hydrogen) atoms. The summed E-state index contributed by atoms with van der Waals surface area (Å²) in [5, 5.41) is 3.55. The van der Waals surface area contributed by atoms with E-state index in [-0.39, 0.29) is 12.0 Å². The maximum absolute atomic E-state index is 12.5. The van der Waals surface area contributed by atoms with Crippen molar-refractivity contribution in [3.8, 4) is 11.5 Å². The molecule has 2 rings (SSSR count). The van der Waals surface area contributed by atoms with E-state index in [0.717, 1.165) is 11.3 Å². The highest BCUT2D eigenvalue weighted by Gasteiger charge is 2.19. The molecule has 0 aliphatic carbocycles. The normalized spacial score (nSPS) is 11.9. The van der Waals surface area contributed by atoms with Gasteiger partial charge < -0.3 is 14.8 Å². The second-order valence-corrected chi connectivity index (χ2v) is 6.51. The summed E-state index contributed by atoms with van der Waals surface area (Å²) in [6.45, 7) is 7.75. The number of carbonyl (C=O) groups is 1. The average molecular weight is 362 g/mol. The molecule has 0 saturated carbocycles. The second kappa shape index (κ2) is 8.77. The number of anilines is 1. The fourth-order valence-electron chi connectivity index (χ4n) is 2.29. The molecule has 0 bridgehead atoms. The van der Waals surface area contributed by atoms with Gasteiger partial charge in [-0.05, 0) is 75.2 Å². The molecule has 0 radical (unpaired) electrons. The van der Waals surface area contributed by atoms with Gasteiger partial charge in [0, 0.05) is 10.7 Å². The van der Waals surface area contributed by atoms with Crippen LogP contribution >= 0.6 is 11.6 Å². The molecular weight excluding hydrogens is 338 g/mol. The summed E-state index contributed by atoms with van der Waals surface area (Å²) in [5.41, 5.74) is 1.62. The zero-order valence-corrected chi connectivity index (χ0v) is 15.8. The topological polar surface area (TPSA) is 47.6 Å². The van der Waals surface area contributed by atoms with Crippen molar-refractivity contribution in [2.75, 3.05) is 5.32 Å². The van der Waals surface area contributed by atoms with Crippen LogP contribution in [0.4, 0.5) is 5.69 Å². The van der Waals surface area contributed by atoms with E-state index in [9.17, 15) is 4.79 Å². The SMILES string of the molecule is CC[C@H](Oc1ccc(Cl)c(C)c1)C(=O)Nc1ccc(OC(C)C)cc1. The number of rotatable bonds is 7. The summed E-state index contributed by atoms with van der Waals surface area (Å²) in [5.74, 6) is 1.21. The number of ether oxygens (including phenoxy) is 2. The van der Waals surface area contributed by atoms with Crippen LogP contribution in [0.25, 0.3) is 0 Å². The van der Waals surface area contributed by atoms with Gasteiger partial charge in [-0.15, -0.1) is 0 Å². The molecule has 2 aromatic carbocycles. The molecule has 0 aliphatic rings. The summed E-state index contributed by atoms with van der Waals surface area (Å²) >= 11 is 6.02. The third-order valence-electron chi connectivity index (χ3n) is 3.56. The van der Waals surface area contributed by atoms with Crippen molar-refractivity contribution in [1.82, 2.24) is 0 Å². The van der Waals surface area contributed by atoms with Gasteiger partial charge in [-0.25, -0.2) is 0 Å². The summed E-state index contributed by atoms with van der Waals surface area (Å²) < 4.78 is 11.4. The molecule has 134 valence electrons. The van der Waals surface area contributed by atoms with Gasteiger partial charge in [0.2, 0.25) is 0 Å². The highest BCUT2D eigenvalue weighted by molar-refractivity contribution is 6.31. The van der Waals surface area contributed by atoms with Crippen molar-refractivity contribution >= 4 is 23.2 Å². The van der Waals surface area contributed by atoms with Crippen LogP contribution in [0.3, 0.4) is 0 Å². The number of carbonyl (C=O) groups excluding carboxylic acids is 1. The molecule has 0 spiro atoms. The monoisotopic (exact) mass is 361 g/mol. The van der Waals surface area contributed by atoms with E-state index in [2.05, 4.69) is 5.32 Å². The lowest BCUT2D eigenvalue weighted by atomic mass is 10.2. The van der Waals surface area contributed by atoms with Crippen molar-refractivity contribution in [1.29, 1.82) is 0 Å². The zero-order chi connectivity index (χ0) is 18.4. The van der Waals surface area contributed by atoms with Gasteiger partial charge in [0.05, 0.1) is 6.10 Å². The number of halogens is 1. The van der Waals surface area contributed by atoms with Crippen LogP contribution in [0.2, 0.25) is 5.02 Å². The predicted octanol–water partition coefficient (Wildman–Crippen LogP) is 5.23. The standard InChI is InChI=1S/C20H24ClNO3/c1-5-19(25-17-10-11-18(21)14(4)12-17)20(23)22-15-6-8-16(9-7-15)24-13(2)3/h6-13,19H,5H2,1-4H3,(H,22,23)/t19-/m0/s1. The second-order valence-electron chi connectivity index (χ2n) is 6.11. The van der Waals surface area contributed by atoms with Gasteiger partial charge in [0.25, 0.3) is 5.91 Å². The zero-order valence-electron chi connectivity index (χ0n) is 15.0. The summed E-state index contributed by atoms with van der Waals surface area (Å²) in [7, 11) is 0. The molecular formula is C20H24ClNO3. The van der Waals surface area contributed by atoms with Gasteiger partial charge in [-0.3, -0.25) is 4.79 Å². The lowest BCUT2D eigenvalue weighted by Gasteiger charge is -2.18. The van der Waals surface area contributed by atoms with E-state index in [4.69, 9.17) is 21.1 Å². The predicted molar refractivity (Wildman–Crippen MR) is 102 cm³/mol. The molecule has 0 aromatic heterocycles. The Morgan fingerprint density at radius 1 is 1.08 bits per heavy atom. The molecule has 2 aromatic rings. The third kappa shape index (κ3) is 5.68.